The molecule has 4 rings (SSSR count). The average molecular weight is 475 g/mol. The zero-order chi connectivity index (χ0) is 24.3. The molecule has 1 N–H and O–H groups in total. The van der Waals surface area contributed by atoms with Crippen molar-refractivity contribution in [2.75, 3.05) is 6.79 Å². The maximum absolute atomic E-state index is 13.2. The second-order valence-corrected chi connectivity index (χ2v) is 9.16. The van der Waals surface area contributed by atoms with Crippen LogP contribution in [0.25, 0.3) is 5.57 Å². The Morgan fingerprint density at radius 1 is 0.971 bits per heavy atom. The van der Waals surface area contributed by atoms with Crippen LogP contribution in [0.5, 0.6) is 23.0 Å². The van der Waals surface area contributed by atoms with Gasteiger partial charge in [0.15, 0.2) is 11.5 Å². The van der Waals surface area contributed by atoms with Crippen LogP contribution in [0.2, 0.25) is 5.02 Å². The van der Waals surface area contributed by atoms with Crippen LogP contribution in [0.1, 0.15) is 36.7 Å². The standard InChI is InChI=1S/C27H23ClN2O4/c1-27(2,3)25(22(15-29)17-10-11-23-24(13-17)33-16-32-23)30-26(31)18-6-4-8-20(12-18)34-21-9-5-7-19(28)14-21/h4-14H,16H2,1-3H3,(H,30,31)/b25-22-. The summed E-state index contributed by atoms with van der Waals surface area (Å²) in [6.45, 7) is 5.95. The molecule has 1 aliphatic rings. The number of fused-ring (bicyclic) bond motifs is 1. The van der Waals surface area contributed by atoms with E-state index in [-0.39, 0.29) is 12.7 Å². The summed E-state index contributed by atoms with van der Waals surface area (Å²) in [4.78, 5) is 13.2. The monoisotopic (exact) mass is 474 g/mol. The first-order valence-electron chi connectivity index (χ1n) is 10.6. The molecule has 0 unspecified atom stereocenters. The van der Waals surface area contributed by atoms with Gasteiger partial charge in [-0.2, -0.15) is 5.26 Å². The van der Waals surface area contributed by atoms with Gasteiger partial charge >= 0.3 is 0 Å². The van der Waals surface area contributed by atoms with E-state index in [9.17, 15) is 10.1 Å². The van der Waals surface area contributed by atoms with Gasteiger partial charge in [0.1, 0.15) is 17.6 Å². The average Bonchev–Trinajstić information content (AvgIpc) is 3.26. The Kier molecular flexibility index (Phi) is 6.49. The van der Waals surface area contributed by atoms with E-state index in [0.29, 0.717) is 50.4 Å². The number of carbonyl (C=O) groups is 1. The van der Waals surface area contributed by atoms with Crippen molar-refractivity contribution in [2.24, 2.45) is 5.41 Å². The molecular formula is C27H23ClN2O4. The molecule has 0 saturated heterocycles. The highest BCUT2D eigenvalue weighted by Gasteiger charge is 2.26. The quantitative estimate of drug-likeness (QED) is 0.423. The van der Waals surface area contributed by atoms with Crippen LogP contribution in [0.4, 0.5) is 0 Å². The minimum atomic E-state index is -0.522. The molecule has 0 radical (unpaired) electrons. The summed E-state index contributed by atoms with van der Waals surface area (Å²) >= 11 is 6.03. The Bertz CT molecular complexity index is 1320. The Morgan fingerprint density at radius 2 is 1.68 bits per heavy atom. The van der Waals surface area contributed by atoms with E-state index >= 15 is 0 Å². The molecule has 0 aliphatic carbocycles. The summed E-state index contributed by atoms with van der Waals surface area (Å²) in [5.74, 6) is 1.90. The van der Waals surface area contributed by atoms with Gasteiger partial charge in [0.05, 0.1) is 5.57 Å². The third-order valence-electron chi connectivity index (χ3n) is 5.14. The molecule has 0 fully saturated rings. The first-order valence-corrected chi connectivity index (χ1v) is 11.0. The molecule has 172 valence electrons. The van der Waals surface area contributed by atoms with Gasteiger partial charge in [-0.25, -0.2) is 0 Å². The van der Waals surface area contributed by atoms with E-state index < -0.39 is 5.41 Å². The van der Waals surface area contributed by atoms with E-state index in [1.54, 1.807) is 66.7 Å². The van der Waals surface area contributed by atoms with Crippen LogP contribution < -0.4 is 19.5 Å². The first-order chi connectivity index (χ1) is 16.2. The third kappa shape index (κ3) is 5.16. The maximum Gasteiger partial charge on any atom is 0.255 e. The van der Waals surface area contributed by atoms with Gasteiger partial charge in [0.25, 0.3) is 5.91 Å². The fraction of sp³-hybridized carbons (Fsp3) is 0.185. The Morgan fingerprint density at radius 3 is 2.38 bits per heavy atom. The number of carbonyl (C=O) groups excluding carboxylic acids is 1. The molecular weight excluding hydrogens is 452 g/mol. The van der Waals surface area contributed by atoms with Crippen molar-refractivity contribution in [1.82, 2.24) is 5.32 Å². The molecule has 0 atom stereocenters. The van der Waals surface area contributed by atoms with Crippen molar-refractivity contribution in [2.45, 2.75) is 20.8 Å². The number of amides is 1. The summed E-state index contributed by atoms with van der Waals surface area (Å²) in [7, 11) is 0. The van der Waals surface area contributed by atoms with Crippen molar-refractivity contribution >= 4 is 23.1 Å². The SMILES string of the molecule is CC(C)(C)/C(NC(=O)c1cccc(Oc2cccc(Cl)c2)c1)=C(\C#N)c1ccc2c(c1)OCO2. The van der Waals surface area contributed by atoms with Gasteiger partial charge in [0.2, 0.25) is 6.79 Å². The lowest BCUT2D eigenvalue weighted by Gasteiger charge is -2.25. The highest BCUT2D eigenvalue weighted by Crippen LogP contribution is 2.37. The van der Waals surface area contributed by atoms with E-state index in [1.165, 1.54) is 0 Å². The van der Waals surface area contributed by atoms with Gasteiger partial charge in [-0.05, 0) is 60.2 Å². The van der Waals surface area contributed by atoms with Crippen molar-refractivity contribution in [3.63, 3.8) is 0 Å². The van der Waals surface area contributed by atoms with Gasteiger partial charge in [-0.3, -0.25) is 4.79 Å². The van der Waals surface area contributed by atoms with Crippen LogP contribution >= 0.6 is 11.6 Å². The van der Waals surface area contributed by atoms with Crippen LogP contribution in [0, 0.1) is 16.7 Å². The second-order valence-electron chi connectivity index (χ2n) is 8.72. The molecule has 0 spiro atoms. The molecule has 0 bridgehead atoms. The number of benzene rings is 3. The summed E-state index contributed by atoms with van der Waals surface area (Å²) in [5, 5.41) is 13.5. The lowest BCUT2D eigenvalue weighted by Crippen LogP contribution is -2.31. The first kappa shape index (κ1) is 23.2. The predicted octanol–water partition coefficient (Wildman–Crippen LogP) is 6.57. The molecule has 0 aromatic heterocycles. The molecule has 7 heteroatoms. The van der Waals surface area contributed by atoms with Gasteiger partial charge in [-0.15, -0.1) is 0 Å². The molecule has 1 amide bonds. The zero-order valence-corrected chi connectivity index (χ0v) is 19.8. The summed E-state index contributed by atoms with van der Waals surface area (Å²) in [6, 6.07) is 21.4. The summed E-state index contributed by atoms with van der Waals surface area (Å²) in [5.41, 5.74) is 1.36. The number of nitriles is 1. The zero-order valence-electron chi connectivity index (χ0n) is 19.0. The van der Waals surface area contributed by atoms with Crippen molar-refractivity contribution < 1.29 is 19.0 Å². The minimum absolute atomic E-state index is 0.140. The largest absolute Gasteiger partial charge is 0.457 e. The number of nitrogens with zero attached hydrogens (tertiary/aromatic N) is 1. The summed E-state index contributed by atoms with van der Waals surface area (Å²) in [6.07, 6.45) is 0. The molecule has 6 nitrogen and oxygen atoms in total. The molecule has 1 heterocycles. The topological polar surface area (TPSA) is 80.6 Å². The van der Waals surface area contributed by atoms with E-state index in [0.717, 1.165) is 0 Å². The number of rotatable bonds is 5. The number of halogens is 1. The van der Waals surface area contributed by atoms with E-state index in [2.05, 4.69) is 11.4 Å². The number of ether oxygens (including phenoxy) is 3. The Labute approximate surface area is 203 Å². The fourth-order valence-electron chi connectivity index (χ4n) is 3.49. The highest BCUT2D eigenvalue weighted by atomic mass is 35.5. The second kappa shape index (κ2) is 9.50. The number of hydrogen-bond acceptors (Lipinski definition) is 5. The molecule has 3 aromatic rings. The van der Waals surface area contributed by atoms with Crippen molar-refractivity contribution in [3.8, 4) is 29.1 Å². The normalized spacial score (nSPS) is 13.0. The van der Waals surface area contributed by atoms with Crippen molar-refractivity contribution in [1.29, 1.82) is 5.26 Å². The highest BCUT2D eigenvalue weighted by molar-refractivity contribution is 6.30. The lowest BCUT2D eigenvalue weighted by atomic mass is 9.86. The molecule has 3 aromatic carbocycles. The number of nitrogens with one attached hydrogen (secondary N) is 1. The third-order valence-corrected chi connectivity index (χ3v) is 5.37. The predicted molar refractivity (Wildman–Crippen MR) is 130 cm³/mol. The smallest absolute Gasteiger partial charge is 0.255 e. The fourth-order valence-corrected chi connectivity index (χ4v) is 3.68. The van der Waals surface area contributed by atoms with Gasteiger partial charge < -0.3 is 19.5 Å². The lowest BCUT2D eigenvalue weighted by molar-refractivity contribution is 0.0957. The van der Waals surface area contributed by atoms with Crippen LogP contribution in [-0.2, 0) is 0 Å². The Hall–Kier alpha value is -3.95. The van der Waals surface area contributed by atoms with E-state index in [1.807, 2.05) is 20.8 Å². The van der Waals surface area contributed by atoms with Gasteiger partial charge in [0, 0.05) is 21.7 Å². The van der Waals surface area contributed by atoms with Crippen LogP contribution in [0.3, 0.4) is 0 Å². The minimum Gasteiger partial charge on any atom is -0.457 e. The maximum atomic E-state index is 13.2. The number of hydrogen-bond donors (Lipinski definition) is 1. The summed E-state index contributed by atoms with van der Waals surface area (Å²) < 4.78 is 16.7. The van der Waals surface area contributed by atoms with E-state index in [4.69, 9.17) is 25.8 Å². The molecule has 34 heavy (non-hydrogen) atoms. The molecule has 1 aliphatic heterocycles. The molecule has 0 saturated carbocycles. The van der Waals surface area contributed by atoms with Crippen molar-refractivity contribution in [3.05, 3.63) is 88.6 Å². The number of allylic oxidation sites excluding steroid dienone is 2. The van der Waals surface area contributed by atoms with Crippen LogP contribution in [-0.4, -0.2) is 12.7 Å². The Balaban J connectivity index is 1.64. The van der Waals surface area contributed by atoms with Crippen LogP contribution in [0.15, 0.2) is 72.4 Å². The van der Waals surface area contributed by atoms with Gasteiger partial charge in [-0.1, -0.05) is 44.5 Å².